The second kappa shape index (κ2) is 19.0. The lowest BCUT2D eigenvalue weighted by Gasteiger charge is -2.31. The Morgan fingerprint density at radius 2 is 1.26 bits per heavy atom. The smallest absolute Gasteiger partial charge is 0.276 e. The van der Waals surface area contributed by atoms with Gasteiger partial charge in [0.25, 0.3) is 17.7 Å². The molecule has 18 heteroatoms. The highest BCUT2D eigenvalue weighted by atomic mass is 19.3. The van der Waals surface area contributed by atoms with Gasteiger partial charge in [0.1, 0.15) is 11.6 Å². The molecule has 12 rings (SSSR count). The Labute approximate surface area is 414 Å². The highest BCUT2D eigenvalue weighted by Crippen LogP contribution is 2.35. The summed E-state index contributed by atoms with van der Waals surface area (Å²) in [4.78, 5) is 55.3. The van der Waals surface area contributed by atoms with Crippen LogP contribution in [0.25, 0.3) is 44.1 Å². The van der Waals surface area contributed by atoms with Crippen LogP contribution in [-0.4, -0.2) is 115 Å². The third kappa shape index (κ3) is 9.29. The number of piperidine rings is 1. The number of nitrogens with one attached hydrogen (secondary N) is 3. The lowest BCUT2D eigenvalue weighted by molar-refractivity contribution is -0.0566. The molecule has 2 aromatic carbocycles. The van der Waals surface area contributed by atoms with Crippen molar-refractivity contribution in [3.05, 3.63) is 127 Å². The van der Waals surface area contributed by atoms with Crippen LogP contribution in [0.15, 0.2) is 110 Å². The van der Waals surface area contributed by atoms with Crippen LogP contribution in [0.2, 0.25) is 0 Å². The summed E-state index contributed by atoms with van der Waals surface area (Å²) in [6.07, 6.45) is 15.8. The monoisotopic (exact) mass is 968 g/mol. The average molecular weight is 969 g/mol. The molecular formula is C54H54F2N14O2. The minimum Gasteiger partial charge on any atom is -0.370 e. The molecule has 366 valence electrons. The summed E-state index contributed by atoms with van der Waals surface area (Å²) in [6, 6.07) is 23.6. The van der Waals surface area contributed by atoms with Crippen LogP contribution in [0.3, 0.4) is 0 Å². The zero-order chi connectivity index (χ0) is 48.8. The lowest BCUT2D eigenvalue weighted by Crippen LogP contribution is -2.38. The minimum absolute atomic E-state index is 0.0827. The number of fused-ring (bicyclic) bond motifs is 2. The molecule has 2 amide bonds. The fourth-order valence-electron chi connectivity index (χ4n) is 10.7. The molecule has 72 heavy (non-hydrogen) atoms. The second-order valence-electron chi connectivity index (χ2n) is 19.5. The summed E-state index contributed by atoms with van der Waals surface area (Å²) >= 11 is 0. The normalized spacial score (nSPS) is 18.1. The molecule has 1 atom stereocenters. The van der Waals surface area contributed by atoms with Gasteiger partial charge < -0.3 is 25.3 Å². The Balaban J connectivity index is 0.764. The molecule has 3 N–H and O–H groups in total. The van der Waals surface area contributed by atoms with E-state index in [0.717, 1.165) is 102 Å². The number of hydrogen-bond donors (Lipinski definition) is 3. The number of aromatic nitrogens is 8. The number of rotatable bonds is 12. The van der Waals surface area contributed by atoms with Crippen LogP contribution >= 0.6 is 0 Å². The van der Waals surface area contributed by atoms with Crippen LogP contribution in [-0.2, 0) is 6.54 Å². The van der Waals surface area contributed by atoms with Crippen molar-refractivity contribution in [3.8, 4) is 22.3 Å². The molecule has 0 saturated carbocycles. The number of aromatic amines is 1. The van der Waals surface area contributed by atoms with E-state index in [1.54, 1.807) is 24.8 Å². The van der Waals surface area contributed by atoms with Crippen molar-refractivity contribution in [1.29, 1.82) is 0 Å². The van der Waals surface area contributed by atoms with E-state index in [2.05, 4.69) is 56.5 Å². The van der Waals surface area contributed by atoms with Gasteiger partial charge in [-0.15, -0.1) is 0 Å². The molecule has 6 aromatic heterocycles. The van der Waals surface area contributed by atoms with E-state index in [0.29, 0.717) is 54.9 Å². The van der Waals surface area contributed by atoms with E-state index in [4.69, 9.17) is 10.1 Å². The van der Waals surface area contributed by atoms with Crippen molar-refractivity contribution in [1.82, 2.24) is 44.8 Å². The van der Waals surface area contributed by atoms with Crippen LogP contribution in [0.5, 0.6) is 0 Å². The van der Waals surface area contributed by atoms with Gasteiger partial charge in [0.05, 0.1) is 52.7 Å². The zero-order valence-corrected chi connectivity index (χ0v) is 39.8. The van der Waals surface area contributed by atoms with Gasteiger partial charge in [-0.3, -0.25) is 34.2 Å². The number of hydrogen-bond acceptors (Lipinski definition) is 12. The molecule has 0 radical (unpaired) electrons. The van der Waals surface area contributed by atoms with Crippen molar-refractivity contribution < 1.29 is 18.4 Å². The Morgan fingerprint density at radius 1 is 0.625 bits per heavy atom. The molecule has 4 saturated heterocycles. The third-order valence-corrected chi connectivity index (χ3v) is 14.6. The van der Waals surface area contributed by atoms with Crippen LogP contribution in [0.4, 0.5) is 37.5 Å². The van der Waals surface area contributed by atoms with Crippen molar-refractivity contribution in [2.24, 2.45) is 0 Å². The molecule has 0 bridgehead atoms. The van der Waals surface area contributed by atoms with Crippen molar-refractivity contribution in [2.45, 2.75) is 63.5 Å². The first-order valence-corrected chi connectivity index (χ1v) is 25.0. The van der Waals surface area contributed by atoms with E-state index in [1.165, 1.54) is 12.8 Å². The number of anilines is 5. The van der Waals surface area contributed by atoms with E-state index >= 15 is 0 Å². The van der Waals surface area contributed by atoms with E-state index in [-0.39, 0.29) is 42.1 Å². The van der Waals surface area contributed by atoms with Gasteiger partial charge in [0.2, 0.25) is 0 Å². The van der Waals surface area contributed by atoms with E-state index in [9.17, 15) is 18.4 Å². The topological polar surface area (TPSA) is 169 Å². The maximum Gasteiger partial charge on any atom is 0.276 e. The maximum absolute atomic E-state index is 14.3. The summed E-state index contributed by atoms with van der Waals surface area (Å²) in [5.41, 5.74) is 8.94. The standard InChI is InChI=1S/C54H54F2N14O2/c55-54(56)14-21-66(22-15-54)33-35-23-38(28-57-27-35)37-6-10-47-45(26-37)51(53(72)62-41-7-11-48(59-30-41)68-18-3-4-19-68)65-70(47)42-13-20-69(34-42)49-12-8-40(31-60-49)61-52(71)50-44-25-36(5-9-46(44)63-64-50)39-24-43(32-58-29-39)67-16-1-2-17-67/h5-12,23-32,42H,1-4,13-22,33-34H2,(H,61,71)(H,62,72)(H,63,64). The molecule has 1 unspecified atom stereocenters. The highest BCUT2D eigenvalue weighted by molar-refractivity contribution is 6.12. The molecule has 8 aromatic rings. The maximum atomic E-state index is 14.3. The van der Waals surface area contributed by atoms with Gasteiger partial charge in [-0.05, 0) is 109 Å². The number of pyridine rings is 4. The van der Waals surface area contributed by atoms with E-state index < -0.39 is 5.92 Å². The summed E-state index contributed by atoms with van der Waals surface area (Å²) in [5.74, 6) is -1.67. The van der Waals surface area contributed by atoms with Crippen LogP contribution in [0, 0.1) is 0 Å². The number of benzene rings is 2. The zero-order valence-electron chi connectivity index (χ0n) is 39.8. The number of nitrogens with zero attached hydrogens (tertiary/aromatic N) is 11. The summed E-state index contributed by atoms with van der Waals surface area (Å²) < 4.78 is 29.8. The first kappa shape index (κ1) is 45.3. The van der Waals surface area contributed by atoms with Gasteiger partial charge in [0.15, 0.2) is 11.4 Å². The number of likely N-dealkylation sites (tertiary alicyclic amines) is 1. The number of amides is 2. The predicted molar refractivity (Wildman–Crippen MR) is 275 cm³/mol. The largest absolute Gasteiger partial charge is 0.370 e. The Hall–Kier alpha value is -7.86. The molecule has 0 spiro atoms. The molecule has 10 heterocycles. The molecule has 4 aliphatic rings. The van der Waals surface area contributed by atoms with Gasteiger partial charge in [-0.1, -0.05) is 12.1 Å². The minimum atomic E-state index is -2.61. The summed E-state index contributed by atoms with van der Waals surface area (Å²) in [7, 11) is 0. The van der Waals surface area contributed by atoms with Crippen molar-refractivity contribution >= 4 is 62.3 Å². The number of halogens is 2. The quantitative estimate of drug-likeness (QED) is 0.106. The fraction of sp³-hybridized carbons (Fsp3) is 0.333. The molecular weight excluding hydrogens is 915 g/mol. The molecule has 4 fully saturated rings. The highest BCUT2D eigenvalue weighted by Gasteiger charge is 2.34. The molecule has 4 aliphatic heterocycles. The predicted octanol–water partition coefficient (Wildman–Crippen LogP) is 9.21. The van der Waals surface area contributed by atoms with Crippen molar-refractivity contribution in [3.63, 3.8) is 0 Å². The average Bonchev–Trinajstić information content (AvgIpc) is 4.28. The first-order valence-electron chi connectivity index (χ1n) is 25.0. The number of alkyl halides is 2. The van der Waals surface area contributed by atoms with E-state index in [1.807, 2.05) is 88.7 Å². The summed E-state index contributed by atoms with van der Waals surface area (Å²) in [5, 5.41) is 19.9. The SMILES string of the molecule is O=C(Nc1ccc(N2CCC(n3nc(C(=O)Nc4ccc(N5CCCC5)nc4)c4cc(-c5cncc(CN6CCC(F)(F)CC6)c5)ccc43)C2)nc1)c1n[nH]c2ccc(-c3cncc(N4CCCC4)c3)cc12. The fourth-order valence-corrected chi connectivity index (χ4v) is 10.7. The number of carbonyl (C=O) groups is 2. The van der Waals surface area contributed by atoms with Crippen molar-refractivity contribution in [2.75, 3.05) is 77.7 Å². The number of H-pyrrole nitrogens is 1. The third-order valence-electron chi connectivity index (χ3n) is 14.6. The Kier molecular flexibility index (Phi) is 12.0. The first-order chi connectivity index (χ1) is 35.2. The lowest BCUT2D eigenvalue weighted by atomic mass is 10.0. The van der Waals surface area contributed by atoms with Gasteiger partial charge in [-0.2, -0.15) is 10.2 Å². The second-order valence-corrected chi connectivity index (χ2v) is 19.5. The van der Waals surface area contributed by atoms with Gasteiger partial charge in [-0.25, -0.2) is 18.7 Å². The Bertz CT molecular complexity index is 3280. The van der Waals surface area contributed by atoms with Crippen LogP contribution in [0.1, 0.15) is 77.5 Å². The van der Waals surface area contributed by atoms with Gasteiger partial charge >= 0.3 is 0 Å². The van der Waals surface area contributed by atoms with Crippen LogP contribution < -0.4 is 25.3 Å². The summed E-state index contributed by atoms with van der Waals surface area (Å²) in [6.45, 7) is 6.47. The van der Waals surface area contributed by atoms with Gasteiger partial charge in [0, 0.05) is 112 Å². The molecule has 16 nitrogen and oxygen atoms in total. The molecule has 0 aliphatic carbocycles. The Morgan fingerprint density at radius 3 is 1.97 bits per heavy atom. The number of carbonyl (C=O) groups excluding carboxylic acids is 2.